The van der Waals surface area contributed by atoms with E-state index in [4.69, 9.17) is 14.9 Å². The van der Waals surface area contributed by atoms with Gasteiger partial charge in [-0.15, -0.1) is 0 Å². The van der Waals surface area contributed by atoms with Gasteiger partial charge < -0.3 is 40.5 Å². The second-order valence-electron chi connectivity index (χ2n) is 7.82. The molecule has 1 aliphatic rings. The zero-order valence-corrected chi connectivity index (χ0v) is 15.2. The summed E-state index contributed by atoms with van der Waals surface area (Å²) in [4.78, 5) is 11.9. The van der Waals surface area contributed by atoms with E-state index in [9.17, 15) is 30.3 Å². The highest BCUT2D eigenvalue weighted by Gasteiger charge is 2.76. The van der Waals surface area contributed by atoms with Crippen LogP contribution in [-0.2, 0) is 9.53 Å². The molecule has 1 rings (SSSR count). The third kappa shape index (κ3) is 2.92. The zero-order valence-electron chi connectivity index (χ0n) is 15.2. The Hall–Kier alpha value is -0.650. The number of hydrogen-bond acceptors (Lipinski definition) is 9. The Bertz CT molecular complexity index is 516. The van der Waals surface area contributed by atoms with Gasteiger partial charge in [0.2, 0.25) is 0 Å². The third-order valence-electron chi connectivity index (χ3n) is 6.16. The summed E-state index contributed by atoms with van der Waals surface area (Å²) >= 11 is 0. The predicted molar refractivity (Wildman–Crippen MR) is 85.3 cm³/mol. The molecule has 0 aliphatic carbocycles. The van der Waals surface area contributed by atoms with E-state index in [1.165, 1.54) is 27.7 Å². The molecule has 0 aromatic carbocycles. The van der Waals surface area contributed by atoms with Crippen molar-refractivity contribution in [2.75, 3.05) is 13.2 Å². The van der Waals surface area contributed by atoms with Crippen molar-refractivity contribution in [2.24, 2.45) is 5.41 Å². The Kier molecular flexibility index (Phi) is 5.82. The van der Waals surface area contributed by atoms with E-state index < -0.39 is 65.6 Å². The summed E-state index contributed by atoms with van der Waals surface area (Å²) in [5.41, 5.74) is -8.52. The maximum atomic E-state index is 11.9. The number of carbonyl (C=O) groups is 1. The average molecular weight is 366 g/mol. The third-order valence-corrected chi connectivity index (χ3v) is 6.16. The molecular formula is C16H30O9. The average Bonchev–Trinajstić information content (AvgIpc) is 2.50. The van der Waals surface area contributed by atoms with Crippen LogP contribution < -0.4 is 0 Å². The number of hydrogen-bond donors (Lipinski definition) is 7. The summed E-state index contributed by atoms with van der Waals surface area (Å²) in [7, 11) is 0. The van der Waals surface area contributed by atoms with Gasteiger partial charge in [0.1, 0.15) is 35.6 Å². The van der Waals surface area contributed by atoms with Crippen LogP contribution in [0.15, 0.2) is 0 Å². The Labute approximate surface area is 146 Å². The molecule has 9 nitrogen and oxygen atoms in total. The van der Waals surface area contributed by atoms with Crippen molar-refractivity contribution < 1.29 is 45.3 Å². The quantitative estimate of drug-likeness (QED) is 0.272. The maximum absolute atomic E-state index is 11.9. The molecule has 25 heavy (non-hydrogen) atoms. The van der Waals surface area contributed by atoms with Crippen LogP contribution in [0.5, 0.6) is 0 Å². The van der Waals surface area contributed by atoms with Crippen LogP contribution >= 0.6 is 0 Å². The second kappa shape index (κ2) is 6.50. The number of carbonyl (C=O) groups excluding carboxylic acids is 1. The largest absolute Gasteiger partial charge is 0.394 e. The van der Waals surface area contributed by atoms with E-state index in [1.54, 1.807) is 0 Å². The maximum Gasteiger partial charge on any atom is 0.171 e. The molecule has 3 unspecified atom stereocenters. The lowest BCUT2D eigenvalue weighted by Crippen LogP contribution is -2.84. The molecule has 9 heteroatoms. The van der Waals surface area contributed by atoms with Crippen molar-refractivity contribution in [1.29, 1.82) is 0 Å². The van der Waals surface area contributed by atoms with Crippen LogP contribution in [-0.4, -0.2) is 89.5 Å². The molecule has 1 heterocycles. The van der Waals surface area contributed by atoms with Crippen LogP contribution in [0.2, 0.25) is 0 Å². The van der Waals surface area contributed by atoms with Gasteiger partial charge in [-0.3, -0.25) is 4.79 Å². The van der Waals surface area contributed by atoms with Gasteiger partial charge in [0.25, 0.3) is 0 Å². The van der Waals surface area contributed by atoms with E-state index in [1.807, 2.05) is 0 Å². The molecule has 0 amide bonds. The van der Waals surface area contributed by atoms with Gasteiger partial charge in [-0.25, -0.2) is 0 Å². The first kappa shape index (κ1) is 22.4. The minimum absolute atomic E-state index is 0.818. The minimum atomic E-state index is -2.51. The number of rotatable bonds is 6. The number of aliphatic hydroxyl groups excluding tert-OH is 4. The van der Waals surface area contributed by atoms with Crippen LogP contribution in [0, 0.1) is 5.41 Å². The molecule has 0 saturated carbocycles. The van der Waals surface area contributed by atoms with Gasteiger partial charge in [0.05, 0.1) is 6.61 Å². The van der Waals surface area contributed by atoms with Crippen LogP contribution in [0.25, 0.3) is 0 Å². The van der Waals surface area contributed by atoms with Gasteiger partial charge in [0, 0.05) is 11.8 Å². The van der Waals surface area contributed by atoms with Gasteiger partial charge in [-0.2, -0.15) is 0 Å². The number of ketones is 1. The first-order valence-corrected chi connectivity index (χ1v) is 8.02. The SMILES string of the molecule is CC1(C(O)C(O)CO)O[C@@](C)(O)C(C)(C)[C@@](C)(O)[C@@]1(O)CC(=O)CO. The second-order valence-corrected chi connectivity index (χ2v) is 7.82. The Morgan fingerprint density at radius 1 is 1.00 bits per heavy atom. The molecule has 1 aliphatic heterocycles. The van der Waals surface area contributed by atoms with Crippen molar-refractivity contribution in [2.45, 2.75) is 75.8 Å². The van der Waals surface area contributed by atoms with Gasteiger partial charge in [0.15, 0.2) is 11.6 Å². The van der Waals surface area contributed by atoms with E-state index in [2.05, 4.69) is 0 Å². The summed E-state index contributed by atoms with van der Waals surface area (Å²) in [6.45, 7) is 4.48. The van der Waals surface area contributed by atoms with Crippen molar-refractivity contribution >= 4 is 5.78 Å². The summed E-state index contributed by atoms with van der Waals surface area (Å²) < 4.78 is 5.55. The molecule has 0 spiro atoms. The standard InChI is InChI=1S/C16H30O9/c1-12(2)14(4,22)16(24,6-9(19)7-17)13(3,25-15(12,5)23)11(21)10(20)8-18/h10-11,17-18,20-24H,6-8H2,1-5H3/t10?,11?,13?,14-,15-,16-/m1/s1. The number of Topliss-reactive ketones (excluding diaryl/α,β-unsaturated/α-hetero) is 1. The minimum Gasteiger partial charge on any atom is -0.394 e. The van der Waals surface area contributed by atoms with Crippen molar-refractivity contribution in [1.82, 2.24) is 0 Å². The summed E-state index contributed by atoms with van der Waals surface area (Å²) in [6, 6.07) is 0. The first-order valence-electron chi connectivity index (χ1n) is 8.02. The highest BCUT2D eigenvalue weighted by molar-refractivity contribution is 5.81. The molecule has 6 atom stereocenters. The van der Waals surface area contributed by atoms with E-state index in [0.717, 1.165) is 6.92 Å². The Morgan fingerprint density at radius 3 is 1.88 bits per heavy atom. The predicted octanol–water partition coefficient (Wildman–Crippen LogP) is -2.34. The van der Waals surface area contributed by atoms with Gasteiger partial charge in [-0.1, -0.05) is 13.8 Å². The lowest BCUT2D eigenvalue weighted by molar-refractivity contribution is -0.448. The Morgan fingerprint density at radius 2 is 1.48 bits per heavy atom. The number of ether oxygens (including phenoxy) is 1. The van der Waals surface area contributed by atoms with Crippen LogP contribution in [0.4, 0.5) is 0 Å². The highest BCUT2D eigenvalue weighted by atomic mass is 16.7. The van der Waals surface area contributed by atoms with Gasteiger partial charge in [-0.05, 0) is 20.8 Å². The summed E-state index contributed by atoms with van der Waals surface area (Å²) in [6.07, 6.45) is -4.57. The fraction of sp³-hybridized carbons (Fsp3) is 0.938. The van der Waals surface area contributed by atoms with Gasteiger partial charge >= 0.3 is 0 Å². The lowest BCUT2D eigenvalue weighted by Gasteiger charge is -2.67. The summed E-state index contributed by atoms with van der Waals surface area (Å²) in [5.74, 6) is -2.93. The summed E-state index contributed by atoms with van der Waals surface area (Å²) in [5, 5.41) is 71.7. The van der Waals surface area contributed by atoms with Crippen molar-refractivity contribution in [3.05, 3.63) is 0 Å². The fourth-order valence-electron chi connectivity index (χ4n) is 3.54. The smallest absolute Gasteiger partial charge is 0.171 e. The lowest BCUT2D eigenvalue weighted by atomic mass is 9.53. The molecule has 0 bridgehead atoms. The fourth-order valence-corrected chi connectivity index (χ4v) is 3.54. The van der Waals surface area contributed by atoms with Crippen LogP contribution in [0.1, 0.15) is 41.0 Å². The van der Waals surface area contributed by atoms with Crippen molar-refractivity contribution in [3.63, 3.8) is 0 Å². The Balaban J connectivity index is 3.68. The highest BCUT2D eigenvalue weighted by Crippen LogP contribution is 2.59. The molecule has 0 aromatic heterocycles. The molecule has 7 N–H and O–H groups in total. The topological polar surface area (TPSA) is 168 Å². The van der Waals surface area contributed by atoms with E-state index in [-0.39, 0.29) is 0 Å². The monoisotopic (exact) mass is 366 g/mol. The normalized spacial score (nSPS) is 43.5. The molecule has 0 radical (unpaired) electrons. The number of aliphatic hydroxyl groups is 7. The molecular weight excluding hydrogens is 336 g/mol. The first-order chi connectivity index (χ1) is 11.1. The van der Waals surface area contributed by atoms with E-state index >= 15 is 0 Å². The van der Waals surface area contributed by atoms with Crippen molar-refractivity contribution in [3.8, 4) is 0 Å². The molecule has 1 saturated heterocycles. The molecule has 0 aromatic rings. The van der Waals surface area contributed by atoms with E-state index in [0.29, 0.717) is 0 Å². The zero-order chi connectivity index (χ0) is 20.1. The van der Waals surface area contributed by atoms with Crippen LogP contribution in [0.3, 0.4) is 0 Å². The molecule has 1 fully saturated rings. The molecule has 148 valence electrons.